The van der Waals surface area contributed by atoms with Gasteiger partial charge >= 0.3 is 0 Å². The van der Waals surface area contributed by atoms with E-state index >= 15 is 0 Å². The number of carbonyl (C=O) groups excluding carboxylic acids is 1. The van der Waals surface area contributed by atoms with Crippen molar-refractivity contribution < 1.29 is 17.9 Å². The predicted octanol–water partition coefficient (Wildman–Crippen LogP) is 2.67. The Morgan fingerprint density at radius 2 is 1.85 bits per heavy atom. The summed E-state index contributed by atoms with van der Waals surface area (Å²) in [7, 11) is -0.611. The molecule has 27 heavy (non-hydrogen) atoms. The van der Waals surface area contributed by atoms with Gasteiger partial charge in [-0.25, -0.2) is 13.1 Å². The summed E-state index contributed by atoms with van der Waals surface area (Å²) in [6.45, 7) is 6.24. The Balaban J connectivity index is 2.12. The van der Waals surface area contributed by atoms with Crippen molar-refractivity contribution in [2.45, 2.75) is 25.7 Å². The van der Waals surface area contributed by atoms with Crippen molar-refractivity contribution in [3.8, 4) is 5.75 Å². The van der Waals surface area contributed by atoms with Crippen molar-refractivity contribution in [1.29, 1.82) is 0 Å². The van der Waals surface area contributed by atoms with Crippen LogP contribution < -0.4 is 9.46 Å². The lowest BCUT2D eigenvalue weighted by molar-refractivity contribution is 0.0773. The summed E-state index contributed by atoms with van der Waals surface area (Å²) in [5, 5.41) is 0. The van der Waals surface area contributed by atoms with Crippen LogP contribution in [0.15, 0.2) is 41.3 Å². The Hall–Kier alpha value is -2.38. The summed E-state index contributed by atoms with van der Waals surface area (Å²) in [4.78, 5) is 14.4. The highest BCUT2D eigenvalue weighted by Crippen LogP contribution is 2.22. The Bertz CT molecular complexity index is 939. The van der Waals surface area contributed by atoms with E-state index < -0.39 is 10.0 Å². The van der Waals surface area contributed by atoms with Crippen LogP contribution in [0.5, 0.6) is 5.75 Å². The van der Waals surface area contributed by atoms with Gasteiger partial charge in [-0.1, -0.05) is 12.1 Å². The summed E-state index contributed by atoms with van der Waals surface area (Å²) in [6.07, 6.45) is 0. The third kappa shape index (κ3) is 5.08. The molecule has 0 spiro atoms. The molecule has 0 aliphatic rings. The van der Waals surface area contributed by atoms with Gasteiger partial charge in [-0.2, -0.15) is 0 Å². The molecule has 1 N–H and O–H groups in total. The average molecular weight is 391 g/mol. The van der Waals surface area contributed by atoms with E-state index in [-0.39, 0.29) is 10.8 Å². The van der Waals surface area contributed by atoms with Gasteiger partial charge in [-0.3, -0.25) is 4.79 Å². The molecule has 0 fully saturated rings. The molecule has 0 saturated heterocycles. The summed E-state index contributed by atoms with van der Waals surface area (Å²) >= 11 is 0. The quantitative estimate of drug-likeness (QED) is 0.789. The minimum absolute atomic E-state index is 0.123. The number of rotatable bonds is 7. The van der Waals surface area contributed by atoms with Crippen molar-refractivity contribution in [2.24, 2.45) is 0 Å². The second-order valence-electron chi connectivity index (χ2n) is 6.52. The Labute approximate surface area is 161 Å². The maximum Gasteiger partial charge on any atom is 0.253 e. The van der Waals surface area contributed by atoms with Crippen molar-refractivity contribution >= 4 is 15.9 Å². The molecule has 0 aliphatic heterocycles. The van der Waals surface area contributed by atoms with Crippen LogP contribution in [0.1, 0.15) is 27.0 Å². The average Bonchev–Trinajstić information content (AvgIpc) is 2.63. The molecule has 0 saturated carbocycles. The number of benzene rings is 2. The normalized spacial score (nSPS) is 11.3. The van der Waals surface area contributed by atoms with Crippen LogP contribution in [0.2, 0.25) is 0 Å². The first-order valence-electron chi connectivity index (χ1n) is 8.65. The monoisotopic (exact) mass is 390 g/mol. The molecule has 0 heterocycles. The molecule has 0 unspecified atom stereocenters. The van der Waals surface area contributed by atoms with E-state index in [1.165, 1.54) is 18.0 Å². The Kier molecular flexibility index (Phi) is 6.62. The molecule has 146 valence electrons. The first-order chi connectivity index (χ1) is 12.7. The lowest BCUT2D eigenvalue weighted by Crippen LogP contribution is -2.31. The van der Waals surface area contributed by atoms with Gasteiger partial charge in [0.25, 0.3) is 5.91 Å². The smallest absolute Gasteiger partial charge is 0.253 e. The second-order valence-corrected chi connectivity index (χ2v) is 8.37. The fourth-order valence-corrected chi connectivity index (χ4v) is 3.73. The van der Waals surface area contributed by atoms with Crippen molar-refractivity contribution in [3.05, 3.63) is 58.7 Å². The fourth-order valence-electron chi connectivity index (χ4n) is 2.67. The zero-order valence-electron chi connectivity index (χ0n) is 16.4. The van der Waals surface area contributed by atoms with Crippen LogP contribution in [0.4, 0.5) is 0 Å². The molecule has 0 bridgehead atoms. The maximum absolute atomic E-state index is 12.7. The zero-order valence-corrected chi connectivity index (χ0v) is 17.2. The first kappa shape index (κ1) is 20.9. The fraction of sp³-hybridized carbons (Fsp3) is 0.350. The number of amides is 1. The number of likely N-dealkylation sites (N-methyl/N-ethyl adjacent to an activating group) is 1. The van der Waals surface area contributed by atoms with Crippen LogP contribution in [-0.2, 0) is 10.0 Å². The molecule has 0 radical (unpaired) electrons. The van der Waals surface area contributed by atoms with E-state index in [9.17, 15) is 13.2 Å². The standard InChI is InChI=1S/C20H26N2O4S/c1-14-7-6-8-18(11-14)26-10-9-22(5)20(23)17-12-15(2)16(3)19(13-17)27(24,25)21-4/h6-8,11-13,21H,9-10H2,1-5H3. The lowest BCUT2D eigenvalue weighted by Gasteiger charge is -2.19. The van der Waals surface area contributed by atoms with Crippen LogP contribution in [0.25, 0.3) is 0 Å². The SMILES string of the molecule is CNS(=O)(=O)c1cc(C(=O)N(C)CCOc2cccc(C)c2)cc(C)c1C. The minimum atomic E-state index is -3.64. The van der Waals surface area contributed by atoms with E-state index in [0.29, 0.717) is 24.3 Å². The van der Waals surface area contributed by atoms with Gasteiger partial charge in [0, 0.05) is 12.6 Å². The van der Waals surface area contributed by atoms with Gasteiger partial charge in [0.2, 0.25) is 10.0 Å². The lowest BCUT2D eigenvalue weighted by atomic mass is 10.1. The van der Waals surface area contributed by atoms with E-state index in [2.05, 4.69) is 4.72 Å². The molecule has 2 aromatic carbocycles. The number of aryl methyl sites for hydroxylation is 2. The first-order valence-corrected chi connectivity index (χ1v) is 10.1. The summed E-state index contributed by atoms with van der Waals surface area (Å²) in [5.74, 6) is 0.503. The molecule has 0 aliphatic carbocycles. The molecule has 6 nitrogen and oxygen atoms in total. The largest absolute Gasteiger partial charge is 0.492 e. The summed E-state index contributed by atoms with van der Waals surface area (Å²) < 4.78 is 32.4. The van der Waals surface area contributed by atoms with Crippen molar-refractivity contribution in [2.75, 3.05) is 27.2 Å². The van der Waals surface area contributed by atoms with Crippen LogP contribution in [0, 0.1) is 20.8 Å². The molecule has 0 atom stereocenters. The van der Waals surface area contributed by atoms with E-state index in [1.54, 1.807) is 27.0 Å². The topological polar surface area (TPSA) is 75.7 Å². The van der Waals surface area contributed by atoms with Crippen LogP contribution >= 0.6 is 0 Å². The molecule has 2 rings (SSSR count). The van der Waals surface area contributed by atoms with Crippen LogP contribution in [0.3, 0.4) is 0 Å². The van der Waals surface area contributed by atoms with Gasteiger partial charge < -0.3 is 9.64 Å². The third-order valence-electron chi connectivity index (χ3n) is 4.46. The summed E-state index contributed by atoms with van der Waals surface area (Å²) in [5.41, 5.74) is 2.82. The van der Waals surface area contributed by atoms with Gasteiger partial charge in [0.05, 0.1) is 11.4 Å². The zero-order chi connectivity index (χ0) is 20.2. The number of nitrogens with zero attached hydrogens (tertiary/aromatic N) is 1. The number of hydrogen-bond acceptors (Lipinski definition) is 4. The third-order valence-corrected chi connectivity index (χ3v) is 6.00. The number of sulfonamides is 1. The Morgan fingerprint density at radius 1 is 1.15 bits per heavy atom. The molecular formula is C20H26N2O4S. The van der Waals surface area contributed by atoms with Gasteiger partial charge in [-0.15, -0.1) is 0 Å². The second kappa shape index (κ2) is 8.54. The highest BCUT2D eigenvalue weighted by molar-refractivity contribution is 7.89. The highest BCUT2D eigenvalue weighted by atomic mass is 32.2. The number of ether oxygens (including phenoxy) is 1. The van der Waals surface area contributed by atoms with Gasteiger partial charge in [0.15, 0.2) is 0 Å². The molecule has 7 heteroatoms. The number of carbonyl (C=O) groups is 1. The molecule has 1 amide bonds. The minimum Gasteiger partial charge on any atom is -0.492 e. The van der Waals surface area contributed by atoms with Gasteiger partial charge in [0.1, 0.15) is 12.4 Å². The highest BCUT2D eigenvalue weighted by Gasteiger charge is 2.21. The van der Waals surface area contributed by atoms with E-state index in [1.807, 2.05) is 31.2 Å². The van der Waals surface area contributed by atoms with E-state index in [4.69, 9.17) is 4.74 Å². The van der Waals surface area contributed by atoms with E-state index in [0.717, 1.165) is 16.9 Å². The number of hydrogen-bond donors (Lipinski definition) is 1. The van der Waals surface area contributed by atoms with Gasteiger partial charge in [-0.05, 0) is 68.8 Å². The van der Waals surface area contributed by atoms with Crippen molar-refractivity contribution in [1.82, 2.24) is 9.62 Å². The van der Waals surface area contributed by atoms with Crippen LogP contribution in [-0.4, -0.2) is 46.5 Å². The van der Waals surface area contributed by atoms with Crippen molar-refractivity contribution in [3.63, 3.8) is 0 Å². The summed E-state index contributed by atoms with van der Waals surface area (Å²) in [6, 6.07) is 10.8. The molecule has 2 aromatic rings. The maximum atomic E-state index is 12.7. The molecular weight excluding hydrogens is 364 g/mol. The predicted molar refractivity (Wildman–Crippen MR) is 106 cm³/mol. The Morgan fingerprint density at radius 3 is 2.48 bits per heavy atom. The number of nitrogens with one attached hydrogen (secondary N) is 1. The molecule has 0 aromatic heterocycles.